The number of fused-ring (bicyclic) bond motifs is 1. The van der Waals surface area contributed by atoms with Gasteiger partial charge < -0.3 is 20.0 Å². The molecule has 4 nitrogen and oxygen atoms in total. The van der Waals surface area contributed by atoms with E-state index in [0.29, 0.717) is 17.3 Å². The van der Waals surface area contributed by atoms with E-state index in [2.05, 4.69) is 33.0 Å². The highest BCUT2D eigenvalue weighted by Crippen LogP contribution is 2.18. The van der Waals surface area contributed by atoms with Gasteiger partial charge >= 0.3 is 0 Å². The molecule has 0 fully saturated rings. The largest absolute Gasteiger partial charge is 0.479 e. The average Bonchev–Trinajstić information content (AvgIpc) is 2.78. The third-order valence-electron chi connectivity index (χ3n) is 2.43. The van der Waals surface area contributed by atoms with Crippen LogP contribution in [0.15, 0.2) is 30.2 Å². The number of terminal acetylenes is 1. The molecule has 0 radical (unpaired) electrons. The van der Waals surface area contributed by atoms with Crippen LogP contribution in [0.1, 0.15) is 6.92 Å². The molecule has 1 aromatic heterocycles. The standard InChI is InChI=1S/C15H13N3OS/c1-3-5-6-7-14(19-4-2)16-11-8-9-12-13(10-11)18-15(20)17-12/h1,7-10,16H,4H2,2H3,(H2,17,18,20)/b14-7+. The average molecular weight is 283 g/mol. The SMILES string of the molecule is C#CC#C/C=C(\Nc1ccc2[nH]c(=S)[nH]c2c1)OCC. The molecule has 1 heterocycles. The number of aromatic amines is 2. The van der Waals surface area contributed by atoms with E-state index in [9.17, 15) is 0 Å². The molecule has 0 bridgehead atoms. The molecule has 0 saturated carbocycles. The highest BCUT2D eigenvalue weighted by Gasteiger charge is 2.01. The van der Waals surface area contributed by atoms with Crippen molar-refractivity contribution in [2.45, 2.75) is 6.92 Å². The lowest BCUT2D eigenvalue weighted by Gasteiger charge is -2.10. The Hall–Kier alpha value is -2.63. The number of aromatic nitrogens is 2. The molecule has 2 rings (SSSR count). The van der Waals surface area contributed by atoms with Gasteiger partial charge in [-0.2, -0.15) is 0 Å². The van der Waals surface area contributed by atoms with Crippen LogP contribution in [0, 0.1) is 29.0 Å². The number of hydrogen-bond acceptors (Lipinski definition) is 3. The number of H-pyrrole nitrogens is 2. The molecule has 0 atom stereocenters. The van der Waals surface area contributed by atoms with Crippen LogP contribution in [0.5, 0.6) is 0 Å². The zero-order chi connectivity index (χ0) is 14.4. The lowest BCUT2D eigenvalue weighted by Crippen LogP contribution is -2.03. The smallest absolute Gasteiger partial charge is 0.199 e. The summed E-state index contributed by atoms with van der Waals surface area (Å²) in [5.74, 6) is 8.02. The Balaban J connectivity index is 2.26. The van der Waals surface area contributed by atoms with Gasteiger partial charge in [0.25, 0.3) is 0 Å². The van der Waals surface area contributed by atoms with Crippen molar-refractivity contribution in [1.82, 2.24) is 9.97 Å². The molecule has 0 spiro atoms. The molecular weight excluding hydrogens is 270 g/mol. The van der Waals surface area contributed by atoms with Crippen molar-refractivity contribution in [3.8, 4) is 24.2 Å². The zero-order valence-corrected chi connectivity index (χ0v) is 11.7. The molecule has 3 N–H and O–H groups in total. The van der Waals surface area contributed by atoms with Crippen molar-refractivity contribution in [3.05, 3.63) is 34.9 Å². The second-order valence-electron chi connectivity index (χ2n) is 3.82. The van der Waals surface area contributed by atoms with E-state index >= 15 is 0 Å². The lowest BCUT2D eigenvalue weighted by atomic mass is 10.3. The van der Waals surface area contributed by atoms with Crippen LogP contribution in [-0.2, 0) is 4.74 Å². The number of nitrogens with one attached hydrogen (secondary N) is 3. The first-order valence-corrected chi connectivity index (χ1v) is 6.42. The molecular formula is C15H13N3OS. The maximum atomic E-state index is 5.45. The molecule has 0 aliphatic heterocycles. The van der Waals surface area contributed by atoms with Gasteiger partial charge in [0, 0.05) is 11.8 Å². The van der Waals surface area contributed by atoms with Crippen molar-refractivity contribution in [2.75, 3.05) is 11.9 Å². The predicted molar refractivity (Wildman–Crippen MR) is 83.4 cm³/mol. The summed E-state index contributed by atoms with van der Waals surface area (Å²) in [6.45, 7) is 2.43. The highest BCUT2D eigenvalue weighted by molar-refractivity contribution is 7.71. The minimum Gasteiger partial charge on any atom is -0.479 e. The Kier molecular flexibility index (Phi) is 4.49. The third-order valence-corrected chi connectivity index (χ3v) is 2.64. The van der Waals surface area contributed by atoms with Gasteiger partial charge in [-0.3, -0.25) is 0 Å². The number of allylic oxidation sites excluding steroid dienone is 1. The van der Waals surface area contributed by atoms with E-state index in [1.807, 2.05) is 25.1 Å². The Labute approximate surface area is 122 Å². The first-order chi connectivity index (χ1) is 9.72. The van der Waals surface area contributed by atoms with Gasteiger partial charge in [-0.25, -0.2) is 0 Å². The van der Waals surface area contributed by atoms with Crippen molar-refractivity contribution in [2.24, 2.45) is 0 Å². The molecule has 0 saturated heterocycles. The van der Waals surface area contributed by atoms with Crippen molar-refractivity contribution in [3.63, 3.8) is 0 Å². The van der Waals surface area contributed by atoms with Gasteiger partial charge in [0.15, 0.2) is 10.7 Å². The second-order valence-corrected chi connectivity index (χ2v) is 4.23. The summed E-state index contributed by atoms with van der Waals surface area (Å²) in [5, 5.41) is 3.14. The fourth-order valence-electron chi connectivity index (χ4n) is 1.67. The summed E-state index contributed by atoms with van der Waals surface area (Å²) >= 11 is 5.05. The van der Waals surface area contributed by atoms with Gasteiger partial charge in [0.2, 0.25) is 0 Å². The maximum Gasteiger partial charge on any atom is 0.199 e. The summed E-state index contributed by atoms with van der Waals surface area (Å²) in [4.78, 5) is 6.11. The van der Waals surface area contributed by atoms with Crippen molar-refractivity contribution in [1.29, 1.82) is 0 Å². The monoisotopic (exact) mass is 283 g/mol. The van der Waals surface area contributed by atoms with Crippen LogP contribution >= 0.6 is 12.2 Å². The molecule has 0 unspecified atom stereocenters. The summed E-state index contributed by atoms with van der Waals surface area (Å²) in [6.07, 6.45) is 6.68. The molecule has 2 aromatic rings. The van der Waals surface area contributed by atoms with E-state index in [4.69, 9.17) is 23.4 Å². The fourth-order valence-corrected chi connectivity index (χ4v) is 1.89. The number of hydrogen-bond donors (Lipinski definition) is 3. The molecule has 1 aromatic carbocycles. The van der Waals surface area contributed by atoms with E-state index in [-0.39, 0.29) is 0 Å². The van der Waals surface area contributed by atoms with E-state index in [1.54, 1.807) is 6.08 Å². The number of benzene rings is 1. The quantitative estimate of drug-likeness (QED) is 0.459. The number of rotatable bonds is 4. The summed E-state index contributed by atoms with van der Waals surface area (Å²) in [7, 11) is 0. The van der Waals surface area contributed by atoms with Crippen LogP contribution in [0.3, 0.4) is 0 Å². The topological polar surface area (TPSA) is 52.8 Å². The Morgan fingerprint density at radius 2 is 2.25 bits per heavy atom. The Morgan fingerprint density at radius 3 is 3.00 bits per heavy atom. The first-order valence-electron chi connectivity index (χ1n) is 6.01. The molecule has 0 aliphatic carbocycles. The van der Waals surface area contributed by atoms with Crippen LogP contribution in [0.4, 0.5) is 5.69 Å². The lowest BCUT2D eigenvalue weighted by molar-refractivity contribution is 0.235. The Bertz CT molecular complexity index is 796. The van der Waals surface area contributed by atoms with E-state index in [1.165, 1.54) is 0 Å². The summed E-state index contributed by atoms with van der Waals surface area (Å²) in [6, 6.07) is 5.78. The summed E-state index contributed by atoms with van der Waals surface area (Å²) in [5.41, 5.74) is 2.74. The van der Waals surface area contributed by atoms with Crippen molar-refractivity contribution >= 4 is 28.9 Å². The van der Waals surface area contributed by atoms with Crippen LogP contribution in [0.25, 0.3) is 11.0 Å². The zero-order valence-electron chi connectivity index (χ0n) is 10.9. The fraction of sp³-hybridized carbons (Fsp3) is 0.133. The van der Waals surface area contributed by atoms with Crippen LogP contribution in [-0.4, -0.2) is 16.6 Å². The van der Waals surface area contributed by atoms with Gasteiger partial charge in [-0.15, -0.1) is 6.42 Å². The number of anilines is 1. The molecule has 100 valence electrons. The van der Waals surface area contributed by atoms with E-state index in [0.717, 1.165) is 16.7 Å². The first kappa shape index (κ1) is 13.8. The van der Waals surface area contributed by atoms with Crippen molar-refractivity contribution < 1.29 is 4.74 Å². The van der Waals surface area contributed by atoms with Crippen LogP contribution < -0.4 is 5.32 Å². The van der Waals surface area contributed by atoms with Crippen LogP contribution in [0.2, 0.25) is 0 Å². The molecule has 0 amide bonds. The van der Waals surface area contributed by atoms with Gasteiger partial charge in [-0.05, 0) is 49.2 Å². The highest BCUT2D eigenvalue weighted by atomic mass is 32.1. The second kappa shape index (κ2) is 6.51. The Morgan fingerprint density at radius 1 is 1.45 bits per heavy atom. The maximum absolute atomic E-state index is 5.45. The van der Waals surface area contributed by atoms with E-state index < -0.39 is 0 Å². The van der Waals surface area contributed by atoms with Gasteiger partial charge in [0.05, 0.1) is 17.6 Å². The van der Waals surface area contributed by atoms with Gasteiger partial charge in [0.1, 0.15) is 0 Å². The molecule has 20 heavy (non-hydrogen) atoms. The molecule has 0 aliphatic rings. The summed E-state index contributed by atoms with van der Waals surface area (Å²) < 4.78 is 6.05. The van der Waals surface area contributed by atoms with Gasteiger partial charge in [-0.1, -0.05) is 5.92 Å². The minimum absolute atomic E-state index is 0.533. The third kappa shape index (κ3) is 3.44. The minimum atomic E-state index is 0.533. The normalized spacial score (nSPS) is 10.5. The number of imidazole rings is 1. The predicted octanol–water partition coefficient (Wildman–Crippen LogP) is 3.15. The number of ether oxygens (including phenoxy) is 1. The molecule has 5 heteroatoms.